The largest absolute Gasteiger partial charge is 0.338 e. The Morgan fingerprint density at radius 1 is 1.39 bits per heavy atom. The third-order valence-corrected chi connectivity index (χ3v) is 4.92. The number of benzene rings is 1. The fourth-order valence-corrected chi connectivity index (χ4v) is 3.13. The van der Waals surface area contributed by atoms with Crippen LogP contribution in [0.25, 0.3) is 0 Å². The molecule has 124 valence electrons. The van der Waals surface area contributed by atoms with E-state index in [0.29, 0.717) is 18.9 Å². The van der Waals surface area contributed by atoms with Crippen LogP contribution in [0.2, 0.25) is 0 Å². The maximum atomic E-state index is 12.3. The number of piperidine rings is 1. The monoisotopic (exact) mass is 315 g/mol. The van der Waals surface area contributed by atoms with Gasteiger partial charge < -0.3 is 15.5 Å². The zero-order chi connectivity index (χ0) is 16.2. The van der Waals surface area contributed by atoms with Gasteiger partial charge >= 0.3 is 0 Å². The summed E-state index contributed by atoms with van der Waals surface area (Å²) in [5.74, 6) is 0.757. The zero-order valence-electron chi connectivity index (χ0n) is 13.7. The number of nitrogens with zero attached hydrogens (tertiary/aromatic N) is 1. The van der Waals surface area contributed by atoms with Gasteiger partial charge in [0, 0.05) is 31.1 Å². The second kappa shape index (κ2) is 7.13. The number of hydrogen-bond acceptors (Lipinski definition) is 3. The van der Waals surface area contributed by atoms with Gasteiger partial charge in [0.15, 0.2) is 0 Å². The van der Waals surface area contributed by atoms with Gasteiger partial charge in [-0.25, -0.2) is 0 Å². The fourth-order valence-electron chi connectivity index (χ4n) is 3.13. The number of amides is 2. The number of nitrogens with one attached hydrogen (secondary N) is 2. The summed E-state index contributed by atoms with van der Waals surface area (Å²) in [4.78, 5) is 26.1. The maximum Gasteiger partial charge on any atom is 0.227 e. The van der Waals surface area contributed by atoms with Crippen LogP contribution in [0.1, 0.15) is 31.7 Å². The lowest BCUT2D eigenvalue weighted by Gasteiger charge is -2.31. The van der Waals surface area contributed by atoms with E-state index in [1.807, 2.05) is 36.1 Å². The van der Waals surface area contributed by atoms with Crippen molar-refractivity contribution >= 4 is 17.5 Å². The molecule has 2 amide bonds. The SMILES string of the molecule is CC(C(=O)Nc1cccc(CN2CCCCC2=O)c1)C1CNC1. The molecule has 23 heavy (non-hydrogen) atoms. The Labute approximate surface area is 137 Å². The molecule has 2 heterocycles. The smallest absolute Gasteiger partial charge is 0.227 e. The van der Waals surface area contributed by atoms with Crippen molar-refractivity contribution in [3.05, 3.63) is 29.8 Å². The predicted octanol–water partition coefficient (Wildman–Crippen LogP) is 1.99. The van der Waals surface area contributed by atoms with E-state index in [-0.39, 0.29) is 17.7 Å². The Balaban J connectivity index is 1.60. The molecule has 1 aromatic carbocycles. The molecule has 0 radical (unpaired) electrons. The van der Waals surface area contributed by atoms with Crippen molar-refractivity contribution in [1.29, 1.82) is 0 Å². The van der Waals surface area contributed by atoms with Crippen LogP contribution in [-0.4, -0.2) is 36.3 Å². The molecule has 1 unspecified atom stereocenters. The molecule has 2 fully saturated rings. The fraction of sp³-hybridized carbons (Fsp3) is 0.556. The molecule has 1 atom stereocenters. The first-order valence-electron chi connectivity index (χ1n) is 8.52. The molecule has 2 aliphatic heterocycles. The van der Waals surface area contributed by atoms with Gasteiger partial charge in [-0.2, -0.15) is 0 Å². The van der Waals surface area contributed by atoms with Gasteiger partial charge in [0.25, 0.3) is 0 Å². The third-order valence-electron chi connectivity index (χ3n) is 4.92. The van der Waals surface area contributed by atoms with Gasteiger partial charge in [-0.05, 0) is 49.5 Å². The van der Waals surface area contributed by atoms with Crippen molar-refractivity contribution in [3.63, 3.8) is 0 Å². The molecule has 0 aliphatic carbocycles. The summed E-state index contributed by atoms with van der Waals surface area (Å²) in [7, 11) is 0. The average Bonchev–Trinajstić information content (AvgIpc) is 2.48. The van der Waals surface area contributed by atoms with E-state index in [2.05, 4.69) is 10.6 Å². The molecule has 3 rings (SSSR count). The molecule has 0 spiro atoms. The first-order chi connectivity index (χ1) is 11.1. The van der Waals surface area contributed by atoms with Crippen LogP contribution in [0.4, 0.5) is 5.69 Å². The minimum Gasteiger partial charge on any atom is -0.338 e. The van der Waals surface area contributed by atoms with Crippen molar-refractivity contribution in [3.8, 4) is 0 Å². The lowest BCUT2D eigenvalue weighted by Crippen LogP contribution is -2.48. The van der Waals surface area contributed by atoms with Gasteiger partial charge in [-0.15, -0.1) is 0 Å². The molecule has 5 nitrogen and oxygen atoms in total. The quantitative estimate of drug-likeness (QED) is 0.873. The first-order valence-corrected chi connectivity index (χ1v) is 8.52. The summed E-state index contributed by atoms with van der Waals surface area (Å²) in [6.45, 7) is 5.29. The maximum absolute atomic E-state index is 12.3. The van der Waals surface area contributed by atoms with Crippen LogP contribution in [-0.2, 0) is 16.1 Å². The van der Waals surface area contributed by atoms with Crippen molar-refractivity contribution in [2.24, 2.45) is 11.8 Å². The molecule has 0 saturated carbocycles. The van der Waals surface area contributed by atoms with Crippen LogP contribution < -0.4 is 10.6 Å². The van der Waals surface area contributed by atoms with Gasteiger partial charge in [0.1, 0.15) is 0 Å². The van der Waals surface area contributed by atoms with Crippen LogP contribution in [0.15, 0.2) is 24.3 Å². The lowest BCUT2D eigenvalue weighted by molar-refractivity contribution is -0.133. The number of hydrogen-bond donors (Lipinski definition) is 2. The third kappa shape index (κ3) is 3.91. The van der Waals surface area contributed by atoms with Gasteiger partial charge in [-0.3, -0.25) is 9.59 Å². The van der Waals surface area contributed by atoms with E-state index in [0.717, 1.165) is 43.7 Å². The molecule has 0 aromatic heterocycles. The predicted molar refractivity (Wildman–Crippen MR) is 89.9 cm³/mol. The van der Waals surface area contributed by atoms with E-state index >= 15 is 0 Å². The summed E-state index contributed by atoms with van der Waals surface area (Å²) in [6.07, 6.45) is 2.73. The van der Waals surface area contributed by atoms with Crippen LogP contribution in [0, 0.1) is 11.8 Å². The molecule has 1 aromatic rings. The van der Waals surface area contributed by atoms with Crippen molar-refractivity contribution < 1.29 is 9.59 Å². The summed E-state index contributed by atoms with van der Waals surface area (Å²) in [5.41, 5.74) is 1.88. The standard InChI is InChI=1S/C18H25N3O2/c1-13(15-10-19-11-15)18(23)20-16-6-4-5-14(9-16)12-21-8-3-2-7-17(21)22/h4-6,9,13,15,19H,2-3,7-8,10-12H2,1H3,(H,20,23). The summed E-state index contributed by atoms with van der Waals surface area (Å²) < 4.78 is 0. The van der Waals surface area contributed by atoms with Gasteiger partial charge in [0.05, 0.1) is 0 Å². The molecule has 2 N–H and O–H groups in total. The van der Waals surface area contributed by atoms with Crippen molar-refractivity contribution in [1.82, 2.24) is 10.2 Å². The Bertz CT molecular complexity index is 583. The minimum atomic E-state index is 0.0172. The van der Waals surface area contributed by atoms with Gasteiger partial charge in [-0.1, -0.05) is 19.1 Å². The highest BCUT2D eigenvalue weighted by atomic mass is 16.2. The Kier molecular flexibility index (Phi) is 4.96. The zero-order valence-corrected chi connectivity index (χ0v) is 13.7. The molecule has 2 saturated heterocycles. The van der Waals surface area contributed by atoms with E-state index in [1.165, 1.54) is 0 Å². The summed E-state index contributed by atoms with van der Waals surface area (Å²) in [5, 5.41) is 6.21. The van der Waals surface area contributed by atoms with Crippen LogP contribution >= 0.6 is 0 Å². The van der Waals surface area contributed by atoms with Gasteiger partial charge in [0.2, 0.25) is 11.8 Å². The van der Waals surface area contributed by atoms with E-state index in [9.17, 15) is 9.59 Å². The highest BCUT2D eigenvalue weighted by Crippen LogP contribution is 2.20. The summed E-state index contributed by atoms with van der Waals surface area (Å²) in [6, 6.07) is 7.84. The van der Waals surface area contributed by atoms with E-state index in [1.54, 1.807) is 0 Å². The van der Waals surface area contributed by atoms with Crippen LogP contribution in [0.5, 0.6) is 0 Å². The number of likely N-dealkylation sites (tertiary alicyclic amines) is 1. The van der Waals surface area contributed by atoms with Crippen molar-refractivity contribution in [2.45, 2.75) is 32.7 Å². The number of carbonyl (C=O) groups excluding carboxylic acids is 2. The Morgan fingerprint density at radius 3 is 2.91 bits per heavy atom. The number of carbonyl (C=O) groups is 2. The van der Waals surface area contributed by atoms with Crippen LogP contribution in [0.3, 0.4) is 0 Å². The molecule has 5 heteroatoms. The lowest BCUT2D eigenvalue weighted by atomic mass is 9.88. The van der Waals surface area contributed by atoms with E-state index < -0.39 is 0 Å². The molecular weight excluding hydrogens is 290 g/mol. The normalized spacial score (nSPS) is 20.0. The van der Waals surface area contributed by atoms with Crippen molar-refractivity contribution in [2.75, 3.05) is 25.0 Å². The second-order valence-corrected chi connectivity index (χ2v) is 6.67. The average molecular weight is 315 g/mol. The number of rotatable bonds is 5. The van der Waals surface area contributed by atoms with E-state index in [4.69, 9.17) is 0 Å². The highest BCUT2D eigenvalue weighted by molar-refractivity contribution is 5.92. The second-order valence-electron chi connectivity index (χ2n) is 6.67. The Morgan fingerprint density at radius 2 is 2.22 bits per heavy atom. The minimum absolute atomic E-state index is 0.0172. The Hall–Kier alpha value is -1.88. The molecular formula is C18H25N3O2. The molecule has 0 bridgehead atoms. The summed E-state index contributed by atoms with van der Waals surface area (Å²) >= 11 is 0. The number of anilines is 1. The molecule has 2 aliphatic rings. The topological polar surface area (TPSA) is 61.4 Å². The highest BCUT2D eigenvalue weighted by Gasteiger charge is 2.28. The first kappa shape index (κ1) is 16.0.